The minimum Gasteiger partial charge on any atom is -0.204 e. The van der Waals surface area contributed by atoms with Crippen LogP contribution >= 0.6 is 12.2 Å². The Morgan fingerprint density at radius 2 is 1.74 bits per heavy atom. The van der Waals surface area contributed by atoms with Crippen molar-refractivity contribution in [3.05, 3.63) is 76.9 Å². The molecule has 2 aromatic carbocycles. The summed E-state index contributed by atoms with van der Waals surface area (Å²) in [5.74, 6) is -1.70. The van der Waals surface area contributed by atoms with E-state index in [4.69, 9.17) is 12.2 Å². The van der Waals surface area contributed by atoms with Crippen LogP contribution in [0, 0.1) is 11.6 Å². The molecule has 23 heavy (non-hydrogen) atoms. The van der Waals surface area contributed by atoms with Gasteiger partial charge in [0.15, 0.2) is 11.6 Å². The van der Waals surface area contributed by atoms with Crippen molar-refractivity contribution in [1.29, 1.82) is 0 Å². The topological polar surface area (TPSA) is 0 Å². The number of aryl methyl sites for hydroxylation is 1. The second kappa shape index (κ2) is 8.68. The lowest BCUT2D eigenvalue weighted by molar-refractivity contribution is 0.508. The van der Waals surface area contributed by atoms with Gasteiger partial charge in [-0.25, -0.2) is 8.78 Å². The molecule has 0 spiro atoms. The minimum absolute atomic E-state index is 0.586. The summed E-state index contributed by atoms with van der Waals surface area (Å²) in [6.07, 6.45) is 8.20. The summed E-state index contributed by atoms with van der Waals surface area (Å²) >= 11 is 5.37. The van der Waals surface area contributed by atoms with Gasteiger partial charge in [-0.15, -0.1) is 0 Å². The van der Waals surface area contributed by atoms with Gasteiger partial charge in [0, 0.05) is 4.86 Å². The van der Waals surface area contributed by atoms with E-state index in [0.29, 0.717) is 10.4 Å². The second-order valence-electron chi connectivity index (χ2n) is 5.53. The molecule has 0 saturated heterocycles. The lowest BCUT2D eigenvalue weighted by Crippen LogP contribution is -1.94. The zero-order valence-corrected chi connectivity index (χ0v) is 14.0. The molecule has 120 valence electrons. The van der Waals surface area contributed by atoms with E-state index in [0.717, 1.165) is 24.1 Å². The number of halogens is 2. The molecule has 0 N–H and O–H groups in total. The Morgan fingerprint density at radius 3 is 2.39 bits per heavy atom. The Morgan fingerprint density at radius 1 is 1.00 bits per heavy atom. The van der Waals surface area contributed by atoms with E-state index in [1.807, 2.05) is 12.1 Å². The first kappa shape index (κ1) is 17.5. The van der Waals surface area contributed by atoms with Gasteiger partial charge in [0.05, 0.1) is 0 Å². The molecule has 0 aromatic heterocycles. The molecule has 0 aliphatic rings. The number of benzene rings is 2. The van der Waals surface area contributed by atoms with E-state index in [1.165, 1.54) is 30.9 Å². The third kappa shape index (κ3) is 5.36. The summed E-state index contributed by atoms with van der Waals surface area (Å²) in [7, 11) is 0. The van der Waals surface area contributed by atoms with Crippen LogP contribution in [0.2, 0.25) is 0 Å². The standard InChI is InChI=1S/C20H20F2S/c1-2-3-4-5-15-6-10-17(11-7-15)20(23)13-9-16-8-12-18(21)19(22)14-16/h6-14H,2-5H2,1H3. The van der Waals surface area contributed by atoms with Crippen molar-refractivity contribution in [2.75, 3.05) is 0 Å². The van der Waals surface area contributed by atoms with Gasteiger partial charge in [-0.05, 0) is 47.7 Å². The smallest absolute Gasteiger partial charge is 0.159 e. The molecule has 0 unspecified atom stereocenters. The van der Waals surface area contributed by atoms with Gasteiger partial charge < -0.3 is 0 Å². The van der Waals surface area contributed by atoms with Gasteiger partial charge in [-0.3, -0.25) is 0 Å². The molecule has 0 nitrogen and oxygen atoms in total. The Hall–Kier alpha value is -1.87. The Balaban J connectivity index is 1.99. The molecule has 2 aromatic rings. The molecule has 0 aliphatic carbocycles. The fraction of sp³-hybridized carbons (Fsp3) is 0.250. The minimum atomic E-state index is -0.852. The number of hydrogen-bond donors (Lipinski definition) is 0. The van der Waals surface area contributed by atoms with E-state index in [-0.39, 0.29) is 0 Å². The summed E-state index contributed by atoms with van der Waals surface area (Å²) < 4.78 is 26.0. The van der Waals surface area contributed by atoms with Crippen LogP contribution in [0.1, 0.15) is 42.9 Å². The van der Waals surface area contributed by atoms with Crippen molar-refractivity contribution in [3.8, 4) is 0 Å². The number of allylic oxidation sites excluding steroid dienone is 1. The molecule has 2 rings (SSSR count). The highest BCUT2D eigenvalue weighted by molar-refractivity contribution is 7.81. The first-order chi connectivity index (χ1) is 11.1. The summed E-state index contributed by atoms with van der Waals surface area (Å²) in [6.45, 7) is 2.20. The van der Waals surface area contributed by atoms with E-state index >= 15 is 0 Å². The molecule has 0 radical (unpaired) electrons. The van der Waals surface area contributed by atoms with Crippen LogP contribution in [0.25, 0.3) is 6.08 Å². The van der Waals surface area contributed by atoms with Crippen molar-refractivity contribution in [2.45, 2.75) is 32.6 Å². The molecule has 0 atom stereocenters. The van der Waals surface area contributed by atoms with E-state index in [1.54, 1.807) is 12.2 Å². The highest BCUT2D eigenvalue weighted by Crippen LogP contribution is 2.13. The van der Waals surface area contributed by atoms with Crippen molar-refractivity contribution in [1.82, 2.24) is 0 Å². The maximum Gasteiger partial charge on any atom is 0.159 e. The number of unbranched alkanes of at least 4 members (excludes halogenated alkanes) is 2. The average molecular weight is 330 g/mol. The highest BCUT2D eigenvalue weighted by Gasteiger charge is 2.02. The third-order valence-electron chi connectivity index (χ3n) is 3.68. The third-order valence-corrected chi connectivity index (χ3v) is 4.05. The van der Waals surface area contributed by atoms with Crippen LogP contribution in [0.5, 0.6) is 0 Å². The van der Waals surface area contributed by atoms with Crippen molar-refractivity contribution in [2.24, 2.45) is 0 Å². The monoisotopic (exact) mass is 330 g/mol. The lowest BCUT2D eigenvalue weighted by atomic mass is 10.0. The maximum absolute atomic E-state index is 13.2. The fourth-order valence-electron chi connectivity index (χ4n) is 2.30. The first-order valence-electron chi connectivity index (χ1n) is 7.86. The summed E-state index contributed by atoms with van der Waals surface area (Å²) in [6, 6.07) is 12.0. The average Bonchev–Trinajstić information content (AvgIpc) is 2.56. The molecule has 0 amide bonds. The van der Waals surface area contributed by atoms with E-state index in [9.17, 15) is 8.78 Å². The van der Waals surface area contributed by atoms with Crippen LogP contribution < -0.4 is 0 Å². The summed E-state index contributed by atoms with van der Waals surface area (Å²) in [4.78, 5) is 0.676. The Labute approximate surface area is 141 Å². The van der Waals surface area contributed by atoms with Gasteiger partial charge >= 0.3 is 0 Å². The van der Waals surface area contributed by atoms with Crippen LogP contribution in [-0.4, -0.2) is 4.86 Å². The van der Waals surface area contributed by atoms with Gasteiger partial charge in [-0.2, -0.15) is 0 Å². The molecule has 0 heterocycles. The second-order valence-corrected chi connectivity index (χ2v) is 5.96. The van der Waals surface area contributed by atoms with Gasteiger partial charge in [0.1, 0.15) is 0 Å². The molecule has 0 fully saturated rings. The van der Waals surface area contributed by atoms with Gasteiger partial charge in [0.2, 0.25) is 0 Å². The first-order valence-corrected chi connectivity index (χ1v) is 8.27. The SMILES string of the molecule is CCCCCc1ccc(C(=S)C=Cc2ccc(F)c(F)c2)cc1. The summed E-state index contributed by atoms with van der Waals surface area (Å²) in [5.41, 5.74) is 2.86. The van der Waals surface area contributed by atoms with Crippen molar-refractivity contribution in [3.63, 3.8) is 0 Å². The zero-order valence-electron chi connectivity index (χ0n) is 13.2. The van der Waals surface area contributed by atoms with Crippen molar-refractivity contribution >= 4 is 23.2 Å². The van der Waals surface area contributed by atoms with Crippen LogP contribution in [0.4, 0.5) is 8.78 Å². The molecule has 0 aliphatic heterocycles. The molecule has 0 bridgehead atoms. The predicted octanol–water partition coefficient (Wildman–Crippen LogP) is 6.13. The maximum atomic E-state index is 13.2. The van der Waals surface area contributed by atoms with Crippen molar-refractivity contribution < 1.29 is 8.78 Å². The number of hydrogen-bond acceptors (Lipinski definition) is 1. The molecule has 0 saturated carbocycles. The Kier molecular flexibility index (Phi) is 6.60. The largest absolute Gasteiger partial charge is 0.204 e. The highest BCUT2D eigenvalue weighted by atomic mass is 32.1. The molecular weight excluding hydrogens is 310 g/mol. The molecular formula is C20H20F2S. The number of thiocarbonyl (C=S) groups is 1. The Bertz CT molecular complexity index is 687. The predicted molar refractivity (Wildman–Crippen MR) is 96.8 cm³/mol. The van der Waals surface area contributed by atoms with Crippen LogP contribution in [0.15, 0.2) is 48.5 Å². The lowest BCUT2D eigenvalue weighted by Gasteiger charge is -2.03. The van der Waals surface area contributed by atoms with Gasteiger partial charge in [-0.1, -0.05) is 68.4 Å². The van der Waals surface area contributed by atoms with Crippen LogP contribution in [0.3, 0.4) is 0 Å². The normalized spacial score (nSPS) is 11.1. The van der Waals surface area contributed by atoms with E-state index < -0.39 is 11.6 Å². The van der Waals surface area contributed by atoms with E-state index in [2.05, 4.69) is 19.1 Å². The molecule has 3 heteroatoms. The van der Waals surface area contributed by atoms with Gasteiger partial charge in [0.25, 0.3) is 0 Å². The zero-order chi connectivity index (χ0) is 16.7. The van der Waals surface area contributed by atoms with Crippen LogP contribution in [-0.2, 0) is 6.42 Å². The quantitative estimate of drug-likeness (QED) is 0.255. The fourth-order valence-corrected chi connectivity index (χ4v) is 2.50. The summed E-state index contributed by atoms with van der Waals surface area (Å²) in [5, 5.41) is 0. The number of rotatable bonds is 7.